The molecule has 0 unspecified atom stereocenters. The lowest BCUT2D eigenvalue weighted by atomic mass is 10.1. The van der Waals surface area contributed by atoms with E-state index in [2.05, 4.69) is 11.4 Å². The van der Waals surface area contributed by atoms with Gasteiger partial charge in [0.15, 0.2) is 0 Å². The number of nitrogens with one attached hydrogen (secondary N) is 1. The lowest BCUT2D eigenvalue weighted by Crippen LogP contribution is -2.16. The lowest BCUT2D eigenvalue weighted by molar-refractivity contribution is 0.628. The highest BCUT2D eigenvalue weighted by Gasteiger charge is 2.12. The first-order valence-electron chi connectivity index (χ1n) is 5.91. The van der Waals surface area contributed by atoms with Crippen molar-refractivity contribution < 1.29 is 4.39 Å². The first-order valence-corrected chi connectivity index (χ1v) is 6.73. The van der Waals surface area contributed by atoms with Crippen LogP contribution in [0.2, 0.25) is 0 Å². The molecule has 1 aliphatic heterocycles. The van der Waals surface area contributed by atoms with Crippen molar-refractivity contribution in [2.75, 3.05) is 13.1 Å². The average molecular weight is 247 g/mol. The second-order valence-electron chi connectivity index (χ2n) is 4.32. The molecular formula is C14H14FNS. The van der Waals surface area contributed by atoms with Gasteiger partial charge < -0.3 is 5.32 Å². The van der Waals surface area contributed by atoms with Crippen molar-refractivity contribution in [3.05, 3.63) is 46.6 Å². The van der Waals surface area contributed by atoms with Gasteiger partial charge in [-0.3, -0.25) is 0 Å². The van der Waals surface area contributed by atoms with Crippen molar-refractivity contribution in [1.29, 1.82) is 0 Å². The van der Waals surface area contributed by atoms with Gasteiger partial charge in [-0.2, -0.15) is 0 Å². The summed E-state index contributed by atoms with van der Waals surface area (Å²) in [5.74, 6) is -0.170. The Morgan fingerprint density at radius 3 is 2.65 bits per heavy atom. The molecule has 0 aliphatic carbocycles. The molecule has 0 saturated heterocycles. The van der Waals surface area contributed by atoms with E-state index in [1.165, 1.54) is 27.5 Å². The maximum Gasteiger partial charge on any atom is 0.123 e. The summed E-state index contributed by atoms with van der Waals surface area (Å²) in [6, 6.07) is 9.04. The molecule has 1 nitrogen and oxygen atoms in total. The van der Waals surface area contributed by atoms with Gasteiger partial charge in [-0.15, -0.1) is 11.3 Å². The van der Waals surface area contributed by atoms with Crippen LogP contribution in [0.15, 0.2) is 30.3 Å². The van der Waals surface area contributed by atoms with Crippen molar-refractivity contribution >= 4 is 11.3 Å². The lowest BCUT2D eigenvalue weighted by Gasteiger charge is -1.98. The van der Waals surface area contributed by atoms with Crippen LogP contribution in [0.3, 0.4) is 0 Å². The summed E-state index contributed by atoms with van der Waals surface area (Å²) >= 11 is 1.85. The highest BCUT2D eigenvalue weighted by molar-refractivity contribution is 7.15. The van der Waals surface area contributed by atoms with Crippen LogP contribution in [0.1, 0.15) is 10.4 Å². The van der Waals surface area contributed by atoms with Crippen molar-refractivity contribution in [2.24, 2.45) is 0 Å². The molecule has 1 aromatic heterocycles. The number of fused-ring (bicyclic) bond motifs is 1. The molecule has 3 heteroatoms. The second kappa shape index (κ2) is 4.59. The highest BCUT2D eigenvalue weighted by Crippen LogP contribution is 2.32. The topological polar surface area (TPSA) is 12.0 Å². The molecule has 3 rings (SSSR count). The van der Waals surface area contributed by atoms with E-state index >= 15 is 0 Å². The highest BCUT2D eigenvalue weighted by atomic mass is 32.1. The van der Waals surface area contributed by atoms with Crippen molar-refractivity contribution in [1.82, 2.24) is 5.32 Å². The third-order valence-corrected chi connectivity index (χ3v) is 4.41. The smallest absolute Gasteiger partial charge is 0.123 e. The minimum Gasteiger partial charge on any atom is -0.316 e. The number of thiophene rings is 1. The van der Waals surface area contributed by atoms with E-state index in [-0.39, 0.29) is 5.82 Å². The summed E-state index contributed by atoms with van der Waals surface area (Å²) in [5, 5.41) is 3.40. The predicted octanol–water partition coefficient (Wildman–Crippen LogP) is 3.24. The Hall–Kier alpha value is -1.19. The molecule has 0 atom stereocenters. The van der Waals surface area contributed by atoms with Crippen molar-refractivity contribution in [3.8, 4) is 10.4 Å². The van der Waals surface area contributed by atoms with Crippen LogP contribution >= 0.6 is 11.3 Å². The first kappa shape index (κ1) is 10.9. The SMILES string of the molecule is Fc1ccc(-c2cc3c(s2)CCNCC3)cc1. The molecule has 2 aromatic rings. The molecule has 1 aliphatic rings. The van der Waals surface area contributed by atoms with E-state index in [1.807, 2.05) is 23.5 Å². The summed E-state index contributed by atoms with van der Waals surface area (Å²) in [5.41, 5.74) is 2.58. The molecule has 88 valence electrons. The Bertz CT molecular complexity index is 492. The minimum absolute atomic E-state index is 0.170. The van der Waals surface area contributed by atoms with Crippen LogP contribution < -0.4 is 5.32 Å². The Labute approximate surface area is 104 Å². The standard InChI is InChI=1S/C14H14FNS/c15-12-3-1-10(2-4-12)14-9-11-5-7-16-8-6-13(11)17-14/h1-4,9,16H,5-8H2. The fourth-order valence-corrected chi connectivity index (χ4v) is 3.41. The summed E-state index contributed by atoms with van der Waals surface area (Å²) in [6.07, 6.45) is 2.22. The van der Waals surface area contributed by atoms with E-state index in [0.29, 0.717) is 0 Å². The molecule has 2 heterocycles. The van der Waals surface area contributed by atoms with Crippen LogP contribution in [-0.4, -0.2) is 13.1 Å². The fourth-order valence-electron chi connectivity index (χ4n) is 2.20. The van der Waals surface area contributed by atoms with Gasteiger partial charge in [-0.1, -0.05) is 12.1 Å². The Morgan fingerprint density at radius 1 is 1.06 bits per heavy atom. The summed E-state index contributed by atoms with van der Waals surface area (Å²) in [7, 11) is 0. The quantitative estimate of drug-likeness (QED) is 0.815. The largest absolute Gasteiger partial charge is 0.316 e. The van der Waals surface area contributed by atoms with Crippen molar-refractivity contribution in [2.45, 2.75) is 12.8 Å². The van der Waals surface area contributed by atoms with Gasteiger partial charge in [0.05, 0.1) is 0 Å². The normalized spacial score (nSPS) is 15.4. The molecule has 0 fully saturated rings. The van der Waals surface area contributed by atoms with Crippen LogP contribution in [-0.2, 0) is 12.8 Å². The summed E-state index contributed by atoms with van der Waals surface area (Å²) in [6.45, 7) is 2.13. The number of halogens is 1. The van der Waals surface area contributed by atoms with E-state index in [9.17, 15) is 4.39 Å². The first-order chi connectivity index (χ1) is 8.33. The molecule has 1 N–H and O–H groups in total. The minimum atomic E-state index is -0.170. The molecule has 0 bridgehead atoms. The number of hydrogen-bond donors (Lipinski definition) is 1. The van der Waals surface area contributed by atoms with Crippen LogP contribution in [0.4, 0.5) is 4.39 Å². The zero-order chi connectivity index (χ0) is 11.7. The second-order valence-corrected chi connectivity index (χ2v) is 5.45. The molecular weight excluding hydrogens is 233 g/mol. The van der Waals surface area contributed by atoms with Gasteiger partial charge in [0.25, 0.3) is 0 Å². The molecule has 17 heavy (non-hydrogen) atoms. The van der Waals surface area contributed by atoms with Crippen molar-refractivity contribution in [3.63, 3.8) is 0 Å². The Balaban J connectivity index is 1.96. The number of rotatable bonds is 1. The van der Waals surface area contributed by atoms with E-state index in [4.69, 9.17) is 0 Å². The monoisotopic (exact) mass is 247 g/mol. The third kappa shape index (κ3) is 2.26. The molecule has 1 aromatic carbocycles. The van der Waals surface area contributed by atoms with Crippen LogP contribution in [0, 0.1) is 5.82 Å². The van der Waals surface area contributed by atoms with E-state index in [0.717, 1.165) is 31.5 Å². The molecule has 0 spiro atoms. The molecule has 0 radical (unpaired) electrons. The van der Waals surface area contributed by atoms with Crippen LogP contribution in [0.25, 0.3) is 10.4 Å². The zero-order valence-corrected chi connectivity index (χ0v) is 10.3. The van der Waals surface area contributed by atoms with Gasteiger partial charge in [-0.05, 0) is 55.3 Å². The van der Waals surface area contributed by atoms with Gasteiger partial charge in [-0.25, -0.2) is 4.39 Å². The molecule has 0 saturated carbocycles. The third-order valence-electron chi connectivity index (χ3n) is 3.13. The molecule has 0 amide bonds. The van der Waals surface area contributed by atoms with Gasteiger partial charge in [0.2, 0.25) is 0 Å². The van der Waals surface area contributed by atoms with Gasteiger partial charge in [0.1, 0.15) is 5.82 Å². The maximum atomic E-state index is 12.9. The van der Waals surface area contributed by atoms with Gasteiger partial charge in [0, 0.05) is 9.75 Å². The summed E-state index contributed by atoms with van der Waals surface area (Å²) < 4.78 is 12.9. The number of benzene rings is 1. The Morgan fingerprint density at radius 2 is 1.82 bits per heavy atom. The zero-order valence-electron chi connectivity index (χ0n) is 9.50. The van der Waals surface area contributed by atoms with E-state index in [1.54, 1.807) is 0 Å². The van der Waals surface area contributed by atoms with E-state index < -0.39 is 0 Å². The summed E-state index contributed by atoms with van der Waals surface area (Å²) in [4.78, 5) is 2.74. The predicted molar refractivity (Wildman–Crippen MR) is 70.0 cm³/mol. The maximum absolute atomic E-state index is 12.9. The number of hydrogen-bond acceptors (Lipinski definition) is 2. The fraction of sp³-hybridized carbons (Fsp3) is 0.286. The van der Waals surface area contributed by atoms with Crippen LogP contribution in [0.5, 0.6) is 0 Å². The average Bonchev–Trinajstić information content (AvgIpc) is 2.62. The Kier molecular flexibility index (Phi) is 2.95. The van der Waals surface area contributed by atoms with Gasteiger partial charge >= 0.3 is 0 Å².